The van der Waals surface area contributed by atoms with Crippen LogP contribution in [0.15, 0.2) is 24.4 Å². The monoisotopic (exact) mass is 247 g/mol. The average Bonchev–Trinajstić information content (AvgIpc) is 2.73. The SMILES string of the molecule is Cc1cccc([N+](=O)[O-])c1NCc1cn[nH]c1N. The van der Waals surface area contributed by atoms with Crippen LogP contribution >= 0.6 is 0 Å². The predicted molar refractivity (Wildman–Crippen MR) is 68.2 cm³/mol. The van der Waals surface area contributed by atoms with E-state index in [2.05, 4.69) is 15.5 Å². The van der Waals surface area contributed by atoms with Gasteiger partial charge in [0.15, 0.2) is 0 Å². The third kappa shape index (κ3) is 2.24. The first-order valence-corrected chi connectivity index (χ1v) is 5.35. The molecule has 18 heavy (non-hydrogen) atoms. The van der Waals surface area contributed by atoms with E-state index < -0.39 is 4.92 Å². The smallest absolute Gasteiger partial charge is 0.292 e. The molecule has 0 saturated carbocycles. The number of nitro groups is 1. The Morgan fingerprint density at radius 2 is 2.33 bits per heavy atom. The van der Waals surface area contributed by atoms with Crippen molar-refractivity contribution in [1.29, 1.82) is 0 Å². The number of anilines is 2. The van der Waals surface area contributed by atoms with Crippen molar-refractivity contribution >= 4 is 17.2 Å². The Morgan fingerprint density at radius 1 is 1.56 bits per heavy atom. The fraction of sp³-hybridized carbons (Fsp3) is 0.182. The summed E-state index contributed by atoms with van der Waals surface area (Å²) < 4.78 is 0. The highest BCUT2D eigenvalue weighted by Crippen LogP contribution is 2.28. The van der Waals surface area contributed by atoms with Crippen LogP contribution in [-0.2, 0) is 6.54 Å². The van der Waals surface area contributed by atoms with E-state index in [-0.39, 0.29) is 5.69 Å². The largest absolute Gasteiger partial charge is 0.384 e. The van der Waals surface area contributed by atoms with Crippen molar-refractivity contribution in [1.82, 2.24) is 10.2 Å². The number of H-pyrrole nitrogens is 1. The molecule has 1 aromatic carbocycles. The Balaban J connectivity index is 2.24. The number of hydrogen-bond donors (Lipinski definition) is 3. The maximum atomic E-state index is 10.9. The van der Waals surface area contributed by atoms with Crippen LogP contribution in [0.1, 0.15) is 11.1 Å². The van der Waals surface area contributed by atoms with Crippen LogP contribution in [0.25, 0.3) is 0 Å². The first-order chi connectivity index (χ1) is 8.59. The molecule has 2 rings (SSSR count). The number of nitrogens with one attached hydrogen (secondary N) is 2. The van der Waals surface area contributed by atoms with Gasteiger partial charge in [0.2, 0.25) is 0 Å². The maximum absolute atomic E-state index is 10.9. The number of aryl methyl sites for hydroxylation is 1. The second-order valence-corrected chi connectivity index (χ2v) is 3.89. The van der Waals surface area contributed by atoms with Crippen molar-refractivity contribution in [3.8, 4) is 0 Å². The quantitative estimate of drug-likeness (QED) is 0.563. The lowest BCUT2D eigenvalue weighted by Gasteiger charge is -2.09. The van der Waals surface area contributed by atoms with Crippen molar-refractivity contribution in [3.63, 3.8) is 0 Å². The molecular formula is C11H13N5O2. The standard InChI is InChI=1S/C11H13N5O2/c1-7-3-2-4-9(16(17)18)10(7)13-5-8-6-14-15-11(8)12/h2-4,6,13H,5H2,1H3,(H3,12,14,15). The number of nitrogen functional groups attached to an aromatic ring is 1. The van der Waals surface area contributed by atoms with Gasteiger partial charge in [-0.3, -0.25) is 15.2 Å². The molecule has 0 unspecified atom stereocenters. The van der Waals surface area contributed by atoms with Crippen LogP contribution in [0.4, 0.5) is 17.2 Å². The number of nitro benzene ring substituents is 1. The molecule has 1 aromatic heterocycles. The molecule has 7 nitrogen and oxygen atoms in total. The molecule has 0 radical (unpaired) electrons. The highest BCUT2D eigenvalue weighted by Gasteiger charge is 2.15. The molecule has 0 amide bonds. The molecule has 0 aliphatic heterocycles. The Hall–Kier alpha value is -2.57. The van der Waals surface area contributed by atoms with Crippen molar-refractivity contribution in [2.75, 3.05) is 11.1 Å². The third-order valence-electron chi connectivity index (χ3n) is 2.65. The molecule has 4 N–H and O–H groups in total. The summed E-state index contributed by atoms with van der Waals surface area (Å²) in [6.07, 6.45) is 1.59. The second-order valence-electron chi connectivity index (χ2n) is 3.89. The Labute approximate surface area is 103 Å². The molecule has 1 heterocycles. The van der Waals surface area contributed by atoms with Crippen LogP contribution in [0.3, 0.4) is 0 Å². The Morgan fingerprint density at radius 3 is 2.94 bits per heavy atom. The van der Waals surface area contributed by atoms with Crippen molar-refractivity contribution in [2.24, 2.45) is 0 Å². The summed E-state index contributed by atoms with van der Waals surface area (Å²) in [5.74, 6) is 0.457. The lowest BCUT2D eigenvalue weighted by atomic mass is 10.1. The average molecular weight is 247 g/mol. The van der Waals surface area contributed by atoms with Gasteiger partial charge in [0.05, 0.1) is 11.1 Å². The molecule has 0 fully saturated rings. The summed E-state index contributed by atoms with van der Waals surface area (Å²) in [7, 11) is 0. The zero-order valence-electron chi connectivity index (χ0n) is 9.80. The van der Waals surface area contributed by atoms with Gasteiger partial charge in [-0.15, -0.1) is 0 Å². The summed E-state index contributed by atoms with van der Waals surface area (Å²) in [5, 5.41) is 20.3. The van der Waals surface area contributed by atoms with Crippen molar-refractivity contribution in [2.45, 2.75) is 13.5 Å². The van der Waals surface area contributed by atoms with Gasteiger partial charge in [-0.05, 0) is 12.5 Å². The summed E-state index contributed by atoms with van der Waals surface area (Å²) in [5.41, 5.74) is 7.79. The first kappa shape index (κ1) is 11.9. The fourth-order valence-corrected chi connectivity index (χ4v) is 1.68. The highest BCUT2D eigenvalue weighted by molar-refractivity contribution is 5.66. The predicted octanol–water partition coefficient (Wildman–Crippen LogP) is 1.82. The Kier molecular flexibility index (Phi) is 3.13. The normalized spacial score (nSPS) is 10.3. The minimum Gasteiger partial charge on any atom is -0.384 e. The van der Waals surface area contributed by atoms with Crippen LogP contribution in [0, 0.1) is 17.0 Å². The van der Waals surface area contributed by atoms with Gasteiger partial charge in [-0.2, -0.15) is 5.10 Å². The van der Waals surface area contributed by atoms with Gasteiger partial charge in [0.1, 0.15) is 11.5 Å². The van der Waals surface area contributed by atoms with E-state index in [4.69, 9.17) is 5.73 Å². The molecule has 7 heteroatoms. The number of aromatic amines is 1. The Bertz CT molecular complexity index is 579. The second kappa shape index (κ2) is 4.74. The van der Waals surface area contributed by atoms with E-state index in [1.54, 1.807) is 12.3 Å². The maximum Gasteiger partial charge on any atom is 0.292 e. The van der Waals surface area contributed by atoms with E-state index >= 15 is 0 Å². The molecule has 0 bridgehead atoms. The summed E-state index contributed by atoms with van der Waals surface area (Å²) in [4.78, 5) is 10.5. The minimum absolute atomic E-state index is 0.0528. The van der Waals surface area contributed by atoms with Gasteiger partial charge >= 0.3 is 0 Å². The zero-order chi connectivity index (χ0) is 13.1. The van der Waals surface area contributed by atoms with Gasteiger partial charge in [0, 0.05) is 18.2 Å². The number of aromatic nitrogens is 2. The summed E-state index contributed by atoms with van der Waals surface area (Å²) in [6, 6.07) is 4.94. The lowest BCUT2D eigenvalue weighted by molar-refractivity contribution is -0.384. The zero-order valence-corrected chi connectivity index (χ0v) is 9.80. The number of hydrogen-bond acceptors (Lipinski definition) is 5. The van der Waals surface area contributed by atoms with E-state index in [0.717, 1.165) is 11.1 Å². The molecule has 0 aliphatic rings. The highest BCUT2D eigenvalue weighted by atomic mass is 16.6. The minimum atomic E-state index is -0.409. The number of para-hydroxylation sites is 1. The van der Waals surface area contributed by atoms with Crippen LogP contribution in [-0.4, -0.2) is 15.1 Å². The van der Waals surface area contributed by atoms with Gasteiger partial charge in [0.25, 0.3) is 5.69 Å². The van der Waals surface area contributed by atoms with Crippen molar-refractivity contribution in [3.05, 3.63) is 45.6 Å². The lowest BCUT2D eigenvalue weighted by Crippen LogP contribution is -2.05. The molecule has 0 atom stereocenters. The number of nitrogens with zero attached hydrogens (tertiary/aromatic N) is 2. The van der Waals surface area contributed by atoms with Gasteiger partial charge < -0.3 is 11.1 Å². The molecule has 0 aliphatic carbocycles. The third-order valence-corrected chi connectivity index (χ3v) is 2.65. The van der Waals surface area contributed by atoms with Crippen LogP contribution < -0.4 is 11.1 Å². The topological polar surface area (TPSA) is 110 Å². The molecule has 0 spiro atoms. The number of rotatable bonds is 4. The van der Waals surface area contributed by atoms with Crippen molar-refractivity contribution < 1.29 is 4.92 Å². The van der Waals surface area contributed by atoms with E-state index in [0.29, 0.717) is 18.1 Å². The number of nitrogens with two attached hydrogens (primary N) is 1. The molecular weight excluding hydrogens is 234 g/mol. The molecule has 2 aromatic rings. The number of benzene rings is 1. The first-order valence-electron chi connectivity index (χ1n) is 5.35. The van der Waals surface area contributed by atoms with E-state index in [1.165, 1.54) is 6.07 Å². The van der Waals surface area contributed by atoms with Gasteiger partial charge in [-0.25, -0.2) is 0 Å². The summed E-state index contributed by atoms with van der Waals surface area (Å²) >= 11 is 0. The van der Waals surface area contributed by atoms with Crippen LogP contribution in [0.2, 0.25) is 0 Å². The fourth-order valence-electron chi connectivity index (χ4n) is 1.68. The molecule has 94 valence electrons. The van der Waals surface area contributed by atoms with Gasteiger partial charge in [-0.1, -0.05) is 12.1 Å². The summed E-state index contributed by atoms with van der Waals surface area (Å²) in [6.45, 7) is 2.20. The molecule has 0 saturated heterocycles. The van der Waals surface area contributed by atoms with E-state index in [1.807, 2.05) is 13.0 Å². The van der Waals surface area contributed by atoms with E-state index in [9.17, 15) is 10.1 Å². The van der Waals surface area contributed by atoms with Crippen LogP contribution in [0.5, 0.6) is 0 Å².